The highest BCUT2D eigenvalue weighted by Crippen LogP contribution is 2.38. The van der Waals surface area contributed by atoms with Gasteiger partial charge >= 0.3 is 0 Å². The summed E-state index contributed by atoms with van der Waals surface area (Å²) in [6.07, 6.45) is -5.22. The van der Waals surface area contributed by atoms with Gasteiger partial charge in [-0.3, -0.25) is 4.72 Å². The second kappa shape index (κ2) is 5.65. The number of benzene rings is 1. The number of halogens is 5. The zero-order valence-electron chi connectivity index (χ0n) is 10.3. The Morgan fingerprint density at radius 2 is 2.00 bits per heavy atom. The summed E-state index contributed by atoms with van der Waals surface area (Å²) in [4.78, 5) is 0. The number of fused-ring (bicyclic) bond motifs is 1. The van der Waals surface area contributed by atoms with Crippen LogP contribution in [-0.4, -0.2) is 30.9 Å². The Kier molecular flexibility index (Phi) is 4.41. The molecule has 0 aliphatic rings. The molecule has 1 heterocycles. The van der Waals surface area contributed by atoms with E-state index in [2.05, 4.69) is 21.0 Å². The van der Waals surface area contributed by atoms with Crippen LogP contribution in [0.15, 0.2) is 16.6 Å². The number of sulfonamides is 1. The second-order valence-corrected chi connectivity index (χ2v) is 7.14. The van der Waals surface area contributed by atoms with E-state index in [-0.39, 0.29) is 26.2 Å². The predicted octanol–water partition coefficient (Wildman–Crippen LogP) is 3.56. The molecule has 1 unspecified atom stereocenters. The maximum Gasteiger partial charge on any atom is 0.289 e. The van der Waals surface area contributed by atoms with Crippen LogP contribution in [-0.2, 0) is 10.0 Å². The first-order valence-electron chi connectivity index (χ1n) is 5.38. The molecule has 0 saturated carbocycles. The van der Waals surface area contributed by atoms with Gasteiger partial charge in [0.05, 0.1) is 22.2 Å². The van der Waals surface area contributed by atoms with Gasteiger partial charge in [-0.25, -0.2) is 26.3 Å². The molecule has 1 atom stereocenters. The normalized spacial score (nSPS) is 13.9. The van der Waals surface area contributed by atoms with E-state index in [9.17, 15) is 21.6 Å². The molecule has 11 heteroatoms. The van der Waals surface area contributed by atoms with Crippen molar-refractivity contribution < 1.29 is 21.6 Å². The number of hydrogen-bond donors (Lipinski definition) is 1. The van der Waals surface area contributed by atoms with Crippen LogP contribution in [0.25, 0.3) is 10.9 Å². The maximum atomic E-state index is 13.7. The van der Waals surface area contributed by atoms with E-state index >= 15 is 0 Å². The molecular weight excluding hydrogens is 399 g/mol. The molecule has 1 N–H and O–H groups in total. The first kappa shape index (κ1) is 16.4. The Morgan fingerprint density at radius 3 is 2.52 bits per heavy atom. The van der Waals surface area contributed by atoms with Crippen molar-refractivity contribution in [3.05, 3.63) is 21.6 Å². The third kappa shape index (κ3) is 3.27. The van der Waals surface area contributed by atoms with Gasteiger partial charge < -0.3 is 0 Å². The molecule has 0 amide bonds. The molecule has 21 heavy (non-hydrogen) atoms. The van der Waals surface area contributed by atoms with Crippen molar-refractivity contribution >= 4 is 54.3 Å². The summed E-state index contributed by atoms with van der Waals surface area (Å²) in [6, 6.07) is 2.83. The summed E-state index contributed by atoms with van der Waals surface area (Å²) in [5, 5.41) is 3.65. The van der Waals surface area contributed by atoms with Crippen molar-refractivity contribution in [1.29, 1.82) is 0 Å². The van der Waals surface area contributed by atoms with Gasteiger partial charge in [0.15, 0.2) is 5.82 Å². The minimum Gasteiger partial charge on any atom is -0.266 e. The van der Waals surface area contributed by atoms with Gasteiger partial charge in [-0.05, 0) is 28.1 Å². The van der Waals surface area contributed by atoms with Crippen molar-refractivity contribution in [1.82, 2.24) is 9.78 Å². The first-order chi connectivity index (χ1) is 9.61. The molecule has 2 rings (SSSR count). The van der Waals surface area contributed by atoms with Crippen LogP contribution in [0.4, 0.5) is 19.0 Å². The van der Waals surface area contributed by atoms with Crippen LogP contribution in [0.1, 0.15) is 6.30 Å². The lowest BCUT2D eigenvalue weighted by Gasteiger charge is -2.09. The van der Waals surface area contributed by atoms with E-state index < -0.39 is 22.7 Å². The fraction of sp³-hybridized carbons (Fsp3) is 0.300. The largest absolute Gasteiger partial charge is 0.289 e. The van der Waals surface area contributed by atoms with Gasteiger partial charge in [-0.1, -0.05) is 11.6 Å². The highest BCUT2D eigenvalue weighted by molar-refractivity contribution is 9.10. The van der Waals surface area contributed by atoms with Crippen LogP contribution in [0.3, 0.4) is 0 Å². The fourth-order valence-corrected chi connectivity index (χ4v) is 2.98. The molecule has 5 nitrogen and oxygen atoms in total. The number of rotatable bonds is 4. The molecule has 0 saturated heterocycles. The molecular formula is C10H8BrClF3N3O2S. The van der Waals surface area contributed by atoms with Crippen LogP contribution < -0.4 is 4.72 Å². The van der Waals surface area contributed by atoms with E-state index in [1.807, 2.05) is 4.72 Å². The smallest absolute Gasteiger partial charge is 0.266 e. The van der Waals surface area contributed by atoms with E-state index in [1.165, 1.54) is 12.1 Å². The van der Waals surface area contributed by atoms with Crippen molar-refractivity contribution in [3.8, 4) is 0 Å². The second-order valence-electron chi connectivity index (χ2n) is 4.13. The molecule has 1 aromatic heterocycles. The minimum absolute atomic E-state index is 0.0276. The predicted molar refractivity (Wildman–Crippen MR) is 77.1 cm³/mol. The Morgan fingerprint density at radius 1 is 1.38 bits per heavy atom. The lowest BCUT2D eigenvalue weighted by molar-refractivity contribution is 0.00357. The standard InChI is InChI=1S/C10H8BrClF3N3O2S/c1-21(19,20)17-10-6-5(12)3-2-4(11)7(6)18(16-10)9(15)8(13)14/h2-3,8-9H,1H3,(H,16,17). The third-order valence-corrected chi connectivity index (χ3v) is 3.99. The van der Waals surface area contributed by atoms with Crippen LogP contribution >= 0.6 is 27.5 Å². The highest BCUT2D eigenvalue weighted by Gasteiger charge is 2.28. The fourth-order valence-electron chi connectivity index (χ4n) is 1.73. The molecule has 116 valence electrons. The third-order valence-electron chi connectivity index (χ3n) is 2.48. The lowest BCUT2D eigenvalue weighted by Crippen LogP contribution is -2.15. The monoisotopic (exact) mass is 405 g/mol. The summed E-state index contributed by atoms with van der Waals surface area (Å²) in [6.45, 7) is 0. The summed E-state index contributed by atoms with van der Waals surface area (Å²) >= 11 is 9.03. The lowest BCUT2D eigenvalue weighted by atomic mass is 10.2. The van der Waals surface area contributed by atoms with Gasteiger partial charge in [0.1, 0.15) is 0 Å². The minimum atomic E-state index is -3.74. The van der Waals surface area contributed by atoms with Crippen LogP contribution in [0.5, 0.6) is 0 Å². The van der Waals surface area contributed by atoms with Crippen LogP contribution in [0.2, 0.25) is 5.02 Å². The van der Waals surface area contributed by atoms with Gasteiger partial charge in [-0.15, -0.1) is 0 Å². The van der Waals surface area contributed by atoms with Crippen molar-refractivity contribution in [3.63, 3.8) is 0 Å². The Hall–Kier alpha value is -1.00. The van der Waals surface area contributed by atoms with E-state index in [4.69, 9.17) is 11.6 Å². The van der Waals surface area contributed by atoms with Crippen LogP contribution in [0, 0.1) is 0 Å². The number of nitrogens with one attached hydrogen (secondary N) is 1. The van der Waals surface area contributed by atoms with Gasteiger partial charge in [0.25, 0.3) is 12.7 Å². The van der Waals surface area contributed by atoms with Crippen molar-refractivity contribution in [2.45, 2.75) is 12.7 Å². The average molecular weight is 407 g/mol. The number of nitrogens with zero attached hydrogens (tertiary/aromatic N) is 2. The Balaban J connectivity index is 2.79. The summed E-state index contributed by atoms with van der Waals surface area (Å²) in [5.74, 6) is -0.317. The quantitative estimate of drug-likeness (QED) is 0.844. The highest BCUT2D eigenvalue weighted by atomic mass is 79.9. The van der Waals surface area contributed by atoms with Gasteiger partial charge in [0.2, 0.25) is 10.0 Å². The topological polar surface area (TPSA) is 64.0 Å². The molecule has 0 spiro atoms. The first-order valence-corrected chi connectivity index (χ1v) is 8.44. The van der Waals surface area contributed by atoms with Crippen molar-refractivity contribution in [2.24, 2.45) is 0 Å². The summed E-state index contributed by atoms with van der Waals surface area (Å²) in [7, 11) is -3.74. The molecule has 0 bridgehead atoms. The zero-order chi connectivity index (χ0) is 15.9. The number of anilines is 1. The molecule has 2 aromatic rings. The molecule has 0 fully saturated rings. The van der Waals surface area contributed by atoms with E-state index in [1.54, 1.807) is 0 Å². The molecule has 1 aromatic carbocycles. The molecule has 0 aliphatic carbocycles. The van der Waals surface area contributed by atoms with Gasteiger partial charge in [-0.2, -0.15) is 5.10 Å². The SMILES string of the molecule is CS(=O)(=O)Nc1nn(C(F)C(F)F)c2c(Br)ccc(Cl)c12. The van der Waals surface area contributed by atoms with E-state index in [0.717, 1.165) is 6.26 Å². The maximum absolute atomic E-state index is 13.7. The Bertz CT molecular complexity index is 796. The zero-order valence-corrected chi connectivity index (χ0v) is 13.5. The van der Waals surface area contributed by atoms with E-state index in [0.29, 0.717) is 4.68 Å². The molecule has 0 aliphatic heterocycles. The molecule has 0 radical (unpaired) electrons. The summed E-state index contributed by atoms with van der Waals surface area (Å²) < 4.78 is 64.1. The number of aromatic nitrogens is 2. The summed E-state index contributed by atoms with van der Waals surface area (Å²) in [5.41, 5.74) is -0.0681. The average Bonchev–Trinajstić information content (AvgIpc) is 2.71. The number of alkyl halides is 3. The Labute approximate surface area is 131 Å². The number of hydrogen-bond acceptors (Lipinski definition) is 3. The van der Waals surface area contributed by atoms with Crippen molar-refractivity contribution in [2.75, 3.05) is 11.0 Å². The van der Waals surface area contributed by atoms with Gasteiger partial charge in [0, 0.05) is 4.47 Å².